The molecule has 0 rings (SSSR count). The number of hydrogen-bond donors (Lipinski definition) is 4. The van der Waals surface area contributed by atoms with Gasteiger partial charge in [-0.3, -0.25) is 9.59 Å². The predicted octanol–water partition coefficient (Wildman–Crippen LogP) is -0.934. The molecule has 0 radical (unpaired) electrons. The van der Waals surface area contributed by atoms with Gasteiger partial charge >= 0.3 is 5.97 Å². The molecule has 15 heavy (non-hydrogen) atoms. The van der Waals surface area contributed by atoms with Gasteiger partial charge in [-0.2, -0.15) is 0 Å². The summed E-state index contributed by atoms with van der Waals surface area (Å²) in [5.41, 5.74) is 4.49. The van der Waals surface area contributed by atoms with Crippen molar-refractivity contribution in [3.05, 3.63) is 0 Å². The molecule has 0 aliphatic rings. The number of hydrogen-bond acceptors (Lipinski definition) is 4. The fourth-order valence-electron chi connectivity index (χ4n) is 1.17. The molecule has 5 N–H and O–H groups in total. The van der Waals surface area contributed by atoms with Crippen molar-refractivity contribution in [1.82, 2.24) is 5.32 Å². The van der Waals surface area contributed by atoms with Gasteiger partial charge in [0.2, 0.25) is 5.91 Å². The molecule has 0 aliphatic heterocycles. The molecule has 0 aromatic rings. The minimum Gasteiger partial charge on any atom is -0.481 e. The molecule has 0 spiro atoms. The molecular weight excluding hydrogens is 200 g/mol. The first-order chi connectivity index (χ1) is 6.73. The van der Waals surface area contributed by atoms with E-state index in [1.807, 2.05) is 0 Å². The zero-order valence-electron chi connectivity index (χ0n) is 8.99. The van der Waals surface area contributed by atoms with Crippen molar-refractivity contribution < 1.29 is 19.8 Å². The molecule has 88 valence electrons. The summed E-state index contributed by atoms with van der Waals surface area (Å²) < 4.78 is 0. The van der Waals surface area contributed by atoms with E-state index >= 15 is 0 Å². The normalized spacial score (nSPS) is 13.5. The highest BCUT2D eigenvalue weighted by atomic mass is 16.4. The van der Waals surface area contributed by atoms with E-state index in [9.17, 15) is 14.7 Å². The number of amides is 1. The summed E-state index contributed by atoms with van der Waals surface area (Å²) in [6, 6.07) is 0. The highest BCUT2D eigenvalue weighted by Crippen LogP contribution is 2.07. The number of aliphatic hydroxyl groups is 1. The van der Waals surface area contributed by atoms with Crippen molar-refractivity contribution in [3.8, 4) is 0 Å². The number of aliphatic carboxylic acids is 1. The Balaban J connectivity index is 3.92. The predicted molar refractivity (Wildman–Crippen MR) is 54.2 cm³/mol. The maximum atomic E-state index is 10.7. The summed E-state index contributed by atoms with van der Waals surface area (Å²) in [5, 5.41) is 20.5. The molecule has 1 amide bonds. The number of rotatable bonds is 7. The summed E-state index contributed by atoms with van der Waals surface area (Å²) in [6.07, 6.45) is -1.15. The number of primary amides is 1. The van der Waals surface area contributed by atoms with Crippen LogP contribution in [0.15, 0.2) is 0 Å². The van der Waals surface area contributed by atoms with Crippen LogP contribution in [0.2, 0.25) is 0 Å². The van der Waals surface area contributed by atoms with Crippen LogP contribution < -0.4 is 11.1 Å². The zero-order valence-corrected chi connectivity index (χ0v) is 8.99. The Morgan fingerprint density at radius 3 is 2.40 bits per heavy atom. The van der Waals surface area contributed by atoms with Crippen LogP contribution in [-0.2, 0) is 9.59 Å². The fraction of sp³-hybridized carbons (Fsp3) is 0.778. The summed E-state index contributed by atoms with van der Waals surface area (Å²) >= 11 is 0. The van der Waals surface area contributed by atoms with Crippen LogP contribution in [0.25, 0.3) is 0 Å². The van der Waals surface area contributed by atoms with Crippen molar-refractivity contribution in [3.63, 3.8) is 0 Å². The average Bonchev–Trinajstić information content (AvgIpc) is 1.97. The monoisotopic (exact) mass is 218 g/mol. The molecule has 0 heterocycles. The fourth-order valence-corrected chi connectivity index (χ4v) is 1.17. The van der Waals surface area contributed by atoms with Crippen LogP contribution in [0.3, 0.4) is 0 Å². The van der Waals surface area contributed by atoms with E-state index in [1.165, 1.54) is 0 Å². The number of nitrogens with one attached hydrogen (secondary N) is 1. The van der Waals surface area contributed by atoms with Crippen molar-refractivity contribution >= 4 is 11.9 Å². The molecule has 0 saturated carbocycles. The Bertz CT molecular complexity index is 240. The van der Waals surface area contributed by atoms with Gasteiger partial charge in [-0.15, -0.1) is 0 Å². The van der Waals surface area contributed by atoms with Crippen LogP contribution in [0.5, 0.6) is 0 Å². The Kier molecular flexibility index (Phi) is 5.24. The third kappa shape index (κ3) is 7.90. The van der Waals surface area contributed by atoms with Crippen LogP contribution in [-0.4, -0.2) is 40.3 Å². The molecule has 0 fully saturated rings. The Labute approximate surface area is 88.5 Å². The Morgan fingerprint density at radius 2 is 2.00 bits per heavy atom. The van der Waals surface area contributed by atoms with Gasteiger partial charge in [0.25, 0.3) is 0 Å². The van der Waals surface area contributed by atoms with Gasteiger partial charge in [0, 0.05) is 18.5 Å². The third-order valence-electron chi connectivity index (χ3n) is 1.84. The number of carbonyl (C=O) groups is 2. The smallest absolute Gasteiger partial charge is 0.306 e. The summed E-state index contributed by atoms with van der Waals surface area (Å²) in [7, 11) is 0. The third-order valence-corrected chi connectivity index (χ3v) is 1.84. The van der Waals surface area contributed by atoms with Gasteiger partial charge in [-0.25, -0.2) is 0 Å². The van der Waals surface area contributed by atoms with E-state index in [-0.39, 0.29) is 19.4 Å². The second kappa shape index (κ2) is 5.67. The Hall–Kier alpha value is -1.14. The summed E-state index contributed by atoms with van der Waals surface area (Å²) in [6.45, 7) is 3.63. The van der Waals surface area contributed by atoms with Crippen molar-refractivity contribution in [2.24, 2.45) is 5.73 Å². The van der Waals surface area contributed by atoms with Crippen LogP contribution in [0, 0.1) is 0 Å². The van der Waals surface area contributed by atoms with Crippen LogP contribution >= 0.6 is 0 Å². The van der Waals surface area contributed by atoms with E-state index in [1.54, 1.807) is 13.8 Å². The van der Waals surface area contributed by atoms with Gasteiger partial charge in [0.05, 0.1) is 12.5 Å². The average molecular weight is 218 g/mol. The molecule has 6 nitrogen and oxygen atoms in total. The van der Waals surface area contributed by atoms with Gasteiger partial charge in [0.15, 0.2) is 0 Å². The van der Waals surface area contributed by atoms with Crippen LogP contribution in [0.1, 0.15) is 26.7 Å². The standard InChI is InChI=1S/C9H18N2O4/c1-9(2,4-7(10)13)11-5-6(12)3-8(14)15/h6,11-12H,3-5H2,1-2H3,(H2,10,13)(H,14,15). The topological polar surface area (TPSA) is 113 Å². The largest absolute Gasteiger partial charge is 0.481 e. The minimum atomic E-state index is -1.06. The first kappa shape index (κ1) is 13.9. The number of carbonyl (C=O) groups excluding carboxylic acids is 1. The molecule has 0 bridgehead atoms. The second-order valence-corrected chi connectivity index (χ2v) is 4.16. The van der Waals surface area contributed by atoms with E-state index in [0.29, 0.717) is 0 Å². The van der Waals surface area contributed by atoms with E-state index in [0.717, 1.165) is 0 Å². The van der Waals surface area contributed by atoms with E-state index < -0.39 is 23.5 Å². The lowest BCUT2D eigenvalue weighted by molar-refractivity contribution is -0.139. The second-order valence-electron chi connectivity index (χ2n) is 4.16. The van der Waals surface area contributed by atoms with E-state index in [4.69, 9.17) is 10.8 Å². The van der Waals surface area contributed by atoms with Gasteiger partial charge < -0.3 is 21.3 Å². The van der Waals surface area contributed by atoms with Crippen molar-refractivity contribution in [2.75, 3.05) is 6.54 Å². The van der Waals surface area contributed by atoms with Crippen LogP contribution in [0.4, 0.5) is 0 Å². The summed E-state index contributed by atoms with van der Waals surface area (Å²) in [5.74, 6) is -1.50. The molecular formula is C9H18N2O4. The molecule has 1 unspecified atom stereocenters. The molecule has 0 aromatic carbocycles. The number of carboxylic acids is 1. The quantitative estimate of drug-likeness (QED) is 0.441. The molecule has 1 atom stereocenters. The number of nitrogens with two attached hydrogens (primary N) is 1. The van der Waals surface area contributed by atoms with E-state index in [2.05, 4.69) is 5.32 Å². The lowest BCUT2D eigenvalue weighted by atomic mass is 10.00. The Morgan fingerprint density at radius 1 is 1.47 bits per heavy atom. The number of aliphatic hydroxyl groups excluding tert-OH is 1. The van der Waals surface area contributed by atoms with Crippen molar-refractivity contribution in [2.45, 2.75) is 38.3 Å². The lowest BCUT2D eigenvalue weighted by Crippen LogP contribution is -2.46. The lowest BCUT2D eigenvalue weighted by Gasteiger charge is -2.26. The highest BCUT2D eigenvalue weighted by molar-refractivity contribution is 5.75. The van der Waals surface area contributed by atoms with Gasteiger partial charge in [-0.1, -0.05) is 0 Å². The van der Waals surface area contributed by atoms with Crippen molar-refractivity contribution in [1.29, 1.82) is 0 Å². The first-order valence-electron chi connectivity index (χ1n) is 4.66. The zero-order chi connectivity index (χ0) is 12.1. The molecule has 6 heteroatoms. The van der Waals surface area contributed by atoms with Gasteiger partial charge in [-0.05, 0) is 13.8 Å². The minimum absolute atomic E-state index is 0.118. The van der Waals surface area contributed by atoms with Gasteiger partial charge in [0.1, 0.15) is 0 Å². The summed E-state index contributed by atoms with van der Waals surface area (Å²) in [4.78, 5) is 20.9. The highest BCUT2D eigenvalue weighted by Gasteiger charge is 2.21. The molecule has 0 aromatic heterocycles. The maximum Gasteiger partial charge on any atom is 0.306 e. The maximum absolute atomic E-state index is 10.7. The first-order valence-corrected chi connectivity index (χ1v) is 4.66. The molecule has 0 aliphatic carbocycles. The number of carboxylic acid groups (broad SMARTS) is 1. The SMILES string of the molecule is CC(C)(CC(N)=O)NCC(O)CC(=O)O. The number of β-amino-alcohol motifs (C(OH)–C–C–N with tert-alkyl or cyclic N) is 1. The molecule has 0 saturated heterocycles.